The minimum Gasteiger partial charge on any atom is -0.454 e. The number of para-hydroxylation sites is 1. The number of carbonyl (C=O) groups is 1. The summed E-state index contributed by atoms with van der Waals surface area (Å²) in [6.07, 6.45) is 3.06. The normalized spacial score (nSPS) is 10.9. The monoisotopic (exact) mass is 384 g/mol. The Bertz CT molecular complexity index is 862. The number of esters is 1. The van der Waals surface area contributed by atoms with Crippen LogP contribution in [-0.2, 0) is 16.1 Å². The zero-order valence-corrected chi connectivity index (χ0v) is 14.1. The topological polar surface area (TPSA) is 69.9 Å². The molecule has 0 atom stereocenters. The number of tetrazole rings is 1. The van der Waals surface area contributed by atoms with Crippen LogP contribution >= 0.6 is 15.9 Å². The van der Waals surface area contributed by atoms with Crippen molar-refractivity contribution < 1.29 is 9.53 Å². The minimum absolute atomic E-state index is 0.0129. The molecule has 24 heavy (non-hydrogen) atoms. The molecule has 0 fully saturated rings. The number of hydrogen-bond donors (Lipinski definition) is 0. The third-order valence-electron chi connectivity index (χ3n) is 3.18. The number of ether oxygens (including phenoxy) is 1. The van der Waals surface area contributed by atoms with E-state index in [0.29, 0.717) is 5.82 Å². The smallest absolute Gasteiger partial charge is 0.331 e. The fraction of sp³-hybridized carbons (Fsp3) is 0.0588. The summed E-state index contributed by atoms with van der Waals surface area (Å²) < 4.78 is 7.64. The number of aromatic nitrogens is 4. The Morgan fingerprint density at radius 3 is 2.67 bits per heavy atom. The van der Waals surface area contributed by atoms with Crippen molar-refractivity contribution in [3.8, 4) is 5.69 Å². The third-order valence-corrected chi connectivity index (χ3v) is 3.90. The van der Waals surface area contributed by atoms with Crippen molar-refractivity contribution in [1.29, 1.82) is 0 Å². The molecule has 120 valence electrons. The van der Waals surface area contributed by atoms with E-state index < -0.39 is 5.97 Å². The van der Waals surface area contributed by atoms with Crippen molar-refractivity contribution >= 4 is 28.0 Å². The predicted octanol–water partition coefficient (Wildman–Crippen LogP) is 3.18. The average molecular weight is 385 g/mol. The molecule has 0 aliphatic carbocycles. The van der Waals surface area contributed by atoms with Gasteiger partial charge < -0.3 is 4.74 Å². The van der Waals surface area contributed by atoms with Crippen LogP contribution in [0.15, 0.2) is 65.1 Å². The largest absolute Gasteiger partial charge is 0.454 e. The molecule has 3 aromatic rings. The molecule has 1 heterocycles. The van der Waals surface area contributed by atoms with E-state index in [1.54, 1.807) is 6.08 Å². The fourth-order valence-electron chi connectivity index (χ4n) is 2.02. The molecule has 0 bridgehead atoms. The second-order valence-corrected chi connectivity index (χ2v) is 5.66. The van der Waals surface area contributed by atoms with Gasteiger partial charge >= 0.3 is 5.97 Å². The van der Waals surface area contributed by atoms with Gasteiger partial charge in [0, 0.05) is 10.5 Å². The van der Waals surface area contributed by atoms with E-state index in [1.807, 2.05) is 54.6 Å². The highest BCUT2D eigenvalue weighted by Gasteiger charge is 2.09. The zero-order chi connectivity index (χ0) is 16.8. The van der Waals surface area contributed by atoms with Gasteiger partial charge in [-0.1, -0.05) is 52.3 Å². The second kappa shape index (κ2) is 7.65. The molecule has 0 saturated carbocycles. The van der Waals surface area contributed by atoms with Crippen molar-refractivity contribution in [2.24, 2.45) is 0 Å². The van der Waals surface area contributed by atoms with Crippen LogP contribution in [0.1, 0.15) is 11.4 Å². The molecule has 0 radical (unpaired) electrons. The highest BCUT2D eigenvalue weighted by atomic mass is 79.9. The van der Waals surface area contributed by atoms with Crippen LogP contribution in [0.2, 0.25) is 0 Å². The van der Waals surface area contributed by atoms with Crippen molar-refractivity contribution in [3.05, 3.63) is 76.5 Å². The molecular formula is C17H13BrN4O2. The molecule has 1 aromatic heterocycles. The summed E-state index contributed by atoms with van der Waals surface area (Å²) in [5.74, 6) is -0.0165. The summed E-state index contributed by atoms with van der Waals surface area (Å²) in [7, 11) is 0. The number of carbonyl (C=O) groups excluding carboxylic acids is 1. The van der Waals surface area contributed by atoms with Gasteiger partial charge in [-0.2, -0.15) is 4.68 Å². The molecule has 0 unspecified atom stereocenters. The summed E-state index contributed by atoms with van der Waals surface area (Å²) in [5, 5.41) is 11.4. The van der Waals surface area contributed by atoms with E-state index >= 15 is 0 Å². The number of nitrogens with zero attached hydrogens (tertiary/aromatic N) is 4. The van der Waals surface area contributed by atoms with E-state index in [2.05, 4.69) is 31.5 Å². The molecule has 6 nitrogen and oxygen atoms in total. The summed E-state index contributed by atoms with van der Waals surface area (Å²) in [6, 6.07) is 17.0. The Hall–Kier alpha value is -2.80. The maximum absolute atomic E-state index is 11.9. The lowest BCUT2D eigenvalue weighted by Crippen LogP contribution is -2.08. The van der Waals surface area contributed by atoms with Gasteiger partial charge in [-0.05, 0) is 40.3 Å². The Morgan fingerprint density at radius 2 is 1.88 bits per heavy atom. The first-order valence-electron chi connectivity index (χ1n) is 7.16. The molecule has 0 aliphatic rings. The van der Waals surface area contributed by atoms with Crippen molar-refractivity contribution in [2.75, 3.05) is 0 Å². The lowest BCUT2D eigenvalue weighted by Gasteiger charge is -2.04. The summed E-state index contributed by atoms with van der Waals surface area (Å²) >= 11 is 3.42. The molecule has 0 aliphatic heterocycles. The van der Waals surface area contributed by atoms with Crippen LogP contribution in [0.3, 0.4) is 0 Å². The molecule has 2 aromatic carbocycles. The quantitative estimate of drug-likeness (QED) is 0.499. The maximum atomic E-state index is 11.9. The number of hydrogen-bond acceptors (Lipinski definition) is 5. The Balaban J connectivity index is 1.64. The third kappa shape index (κ3) is 3.94. The van der Waals surface area contributed by atoms with Crippen LogP contribution in [0, 0.1) is 0 Å². The first-order chi connectivity index (χ1) is 11.7. The highest BCUT2D eigenvalue weighted by molar-refractivity contribution is 9.10. The van der Waals surface area contributed by atoms with Gasteiger partial charge in [0.25, 0.3) is 0 Å². The van der Waals surface area contributed by atoms with Gasteiger partial charge in [0.2, 0.25) is 0 Å². The van der Waals surface area contributed by atoms with Crippen LogP contribution < -0.4 is 0 Å². The van der Waals surface area contributed by atoms with Crippen LogP contribution in [0.25, 0.3) is 11.8 Å². The first kappa shape index (κ1) is 16.1. The predicted molar refractivity (Wildman–Crippen MR) is 92.1 cm³/mol. The van der Waals surface area contributed by atoms with Crippen molar-refractivity contribution in [2.45, 2.75) is 6.61 Å². The number of benzene rings is 2. The van der Waals surface area contributed by atoms with Gasteiger partial charge in [0.05, 0.1) is 5.69 Å². The fourth-order valence-corrected chi connectivity index (χ4v) is 2.43. The summed E-state index contributed by atoms with van der Waals surface area (Å²) in [5.41, 5.74) is 1.70. The van der Waals surface area contributed by atoms with Crippen LogP contribution in [-0.4, -0.2) is 26.2 Å². The van der Waals surface area contributed by atoms with Gasteiger partial charge in [-0.25, -0.2) is 4.79 Å². The van der Waals surface area contributed by atoms with E-state index in [-0.39, 0.29) is 6.61 Å². The summed E-state index contributed by atoms with van der Waals surface area (Å²) in [6.45, 7) is -0.0129. The molecule has 0 N–H and O–H groups in total. The second-order valence-electron chi connectivity index (χ2n) is 4.81. The lowest BCUT2D eigenvalue weighted by atomic mass is 10.2. The minimum atomic E-state index is -0.464. The molecule has 3 rings (SSSR count). The van der Waals surface area contributed by atoms with Crippen LogP contribution in [0.5, 0.6) is 0 Å². The Labute approximate surface area is 146 Å². The SMILES string of the molecule is O=C(/C=C/c1ccccc1Br)OCc1nnnn1-c1ccccc1. The van der Waals surface area contributed by atoms with Gasteiger partial charge in [-0.3, -0.25) is 0 Å². The lowest BCUT2D eigenvalue weighted by molar-refractivity contribution is -0.139. The van der Waals surface area contributed by atoms with Crippen molar-refractivity contribution in [1.82, 2.24) is 20.2 Å². The molecule has 0 saturated heterocycles. The standard InChI is InChI=1S/C17H13BrN4O2/c18-15-9-5-4-6-13(15)10-11-17(23)24-12-16-19-20-21-22(16)14-7-2-1-3-8-14/h1-11H,12H2/b11-10+. The Morgan fingerprint density at radius 1 is 1.12 bits per heavy atom. The molecule has 0 spiro atoms. The maximum Gasteiger partial charge on any atom is 0.331 e. The van der Waals surface area contributed by atoms with Gasteiger partial charge in [0.15, 0.2) is 12.4 Å². The first-order valence-corrected chi connectivity index (χ1v) is 7.95. The highest BCUT2D eigenvalue weighted by Crippen LogP contribution is 2.17. The van der Waals surface area contributed by atoms with Gasteiger partial charge in [0.1, 0.15) is 0 Å². The van der Waals surface area contributed by atoms with Gasteiger partial charge in [-0.15, -0.1) is 5.10 Å². The zero-order valence-electron chi connectivity index (χ0n) is 12.5. The summed E-state index contributed by atoms with van der Waals surface area (Å²) in [4.78, 5) is 11.9. The van der Waals surface area contributed by atoms with E-state index in [4.69, 9.17) is 4.74 Å². The average Bonchev–Trinajstić information content (AvgIpc) is 3.08. The van der Waals surface area contributed by atoms with E-state index in [1.165, 1.54) is 10.8 Å². The molecule has 0 amide bonds. The number of halogens is 1. The molecule has 7 heteroatoms. The Kier molecular flexibility index (Phi) is 5.12. The number of rotatable bonds is 5. The molecular weight excluding hydrogens is 372 g/mol. The van der Waals surface area contributed by atoms with Crippen molar-refractivity contribution in [3.63, 3.8) is 0 Å². The van der Waals surface area contributed by atoms with Crippen LogP contribution in [0.4, 0.5) is 0 Å². The van der Waals surface area contributed by atoms with E-state index in [9.17, 15) is 4.79 Å². The van der Waals surface area contributed by atoms with E-state index in [0.717, 1.165) is 15.7 Å².